The monoisotopic (exact) mass is 426 g/mol. The van der Waals surface area contributed by atoms with Gasteiger partial charge in [0, 0.05) is 38.5 Å². The van der Waals surface area contributed by atoms with Crippen molar-refractivity contribution in [1.82, 2.24) is 30.0 Å². The molecule has 0 radical (unpaired) electrons. The largest absolute Gasteiger partial charge is 0.379 e. The number of benzene rings is 1. The van der Waals surface area contributed by atoms with Crippen LogP contribution in [0.3, 0.4) is 0 Å². The molecule has 2 saturated heterocycles. The van der Waals surface area contributed by atoms with E-state index in [1.807, 2.05) is 30.3 Å². The molecular weight excluding hydrogens is 396 g/mol. The second-order valence-corrected chi connectivity index (χ2v) is 8.27. The fourth-order valence-corrected chi connectivity index (χ4v) is 4.23. The molecule has 0 spiro atoms. The molecule has 0 saturated carbocycles. The first-order valence-electron chi connectivity index (χ1n) is 11.1. The smallest absolute Gasteiger partial charge is 0.244 e. The average molecular weight is 427 g/mol. The fourth-order valence-electron chi connectivity index (χ4n) is 4.23. The van der Waals surface area contributed by atoms with Crippen molar-refractivity contribution in [2.45, 2.75) is 38.8 Å². The third-order valence-electron chi connectivity index (χ3n) is 6.09. The SMILES string of the molecule is O=C(CCc1ccccc1)C1CCCN(C(=O)Cn2nnnc2CN2CCOCC2)C1. The molecule has 2 fully saturated rings. The molecule has 1 aromatic heterocycles. The zero-order valence-electron chi connectivity index (χ0n) is 17.9. The Kier molecular flexibility index (Phi) is 7.37. The van der Waals surface area contributed by atoms with Gasteiger partial charge in [0.25, 0.3) is 0 Å². The molecule has 4 rings (SSSR count). The van der Waals surface area contributed by atoms with Gasteiger partial charge in [-0.2, -0.15) is 0 Å². The molecule has 2 aliphatic rings. The molecule has 0 bridgehead atoms. The molecule has 1 aromatic carbocycles. The highest BCUT2D eigenvalue weighted by Crippen LogP contribution is 2.20. The normalized spacial score (nSPS) is 20.0. The maximum Gasteiger partial charge on any atom is 0.244 e. The molecule has 1 amide bonds. The summed E-state index contributed by atoms with van der Waals surface area (Å²) in [6.45, 7) is 4.96. The van der Waals surface area contributed by atoms with E-state index < -0.39 is 0 Å². The molecular formula is C22H30N6O3. The van der Waals surface area contributed by atoms with Crippen molar-refractivity contribution in [2.24, 2.45) is 5.92 Å². The van der Waals surface area contributed by atoms with Gasteiger partial charge in [-0.3, -0.25) is 14.5 Å². The van der Waals surface area contributed by atoms with E-state index in [4.69, 9.17) is 4.74 Å². The number of rotatable bonds is 8. The number of carbonyl (C=O) groups is 2. The summed E-state index contributed by atoms with van der Waals surface area (Å²) in [5.74, 6) is 0.818. The zero-order chi connectivity index (χ0) is 21.5. The van der Waals surface area contributed by atoms with Crippen LogP contribution >= 0.6 is 0 Å². The summed E-state index contributed by atoms with van der Waals surface area (Å²) in [6, 6.07) is 10.1. The first-order chi connectivity index (χ1) is 15.2. The summed E-state index contributed by atoms with van der Waals surface area (Å²) < 4.78 is 6.96. The molecule has 0 N–H and O–H groups in total. The average Bonchev–Trinajstić information content (AvgIpc) is 3.25. The maximum atomic E-state index is 12.9. The van der Waals surface area contributed by atoms with Crippen LogP contribution in [0.2, 0.25) is 0 Å². The molecule has 9 heteroatoms. The fraction of sp³-hybridized carbons (Fsp3) is 0.591. The quantitative estimate of drug-likeness (QED) is 0.620. The van der Waals surface area contributed by atoms with Crippen LogP contribution in [-0.2, 0) is 33.8 Å². The Morgan fingerprint density at radius 1 is 1.10 bits per heavy atom. The van der Waals surface area contributed by atoms with Gasteiger partial charge in [0.05, 0.1) is 19.8 Å². The van der Waals surface area contributed by atoms with Gasteiger partial charge in [0.1, 0.15) is 12.3 Å². The summed E-state index contributed by atoms with van der Waals surface area (Å²) in [7, 11) is 0. The number of aryl methyl sites for hydroxylation is 1. The Labute approximate surface area is 182 Å². The summed E-state index contributed by atoms with van der Waals surface area (Å²) >= 11 is 0. The number of tetrazole rings is 1. The van der Waals surface area contributed by atoms with Gasteiger partial charge in [-0.05, 0) is 35.3 Å². The van der Waals surface area contributed by atoms with E-state index in [2.05, 4.69) is 20.4 Å². The van der Waals surface area contributed by atoms with Crippen LogP contribution in [0, 0.1) is 5.92 Å². The first-order valence-corrected chi connectivity index (χ1v) is 11.1. The van der Waals surface area contributed by atoms with Crippen LogP contribution in [0.5, 0.6) is 0 Å². The van der Waals surface area contributed by atoms with Gasteiger partial charge in [-0.15, -0.1) is 5.10 Å². The van der Waals surface area contributed by atoms with Crippen molar-refractivity contribution in [3.63, 3.8) is 0 Å². The van der Waals surface area contributed by atoms with Gasteiger partial charge in [0.2, 0.25) is 5.91 Å². The van der Waals surface area contributed by atoms with Gasteiger partial charge < -0.3 is 9.64 Å². The lowest BCUT2D eigenvalue weighted by Gasteiger charge is -2.32. The van der Waals surface area contributed by atoms with Crippen molar-refractivity contribution < 1.29 is 14.3 Å². The van der Waals surface area contributed by atoms with Crippen LogP contribution < -0.4 is 0 Å². The highest BCUT2D eigenvalue weighted by Gasteiger charge is 2.28. The van der Waals surface area contributed by atoms with E-state index in [0.29, 0.717) is 45.1 Å². The first kappa shape index (κ1) is 21.6. The lowest BCUT2D eigenvalue weighted by atomic mass is 9.90. The molecule has 31 heavy (non-hydrogen) atoms. The molecule has 1 atom stereocenters. The molecule has 1 unspecified atom stereocenters. The van der Waals surface area contributed by atoms with Gasteiger partial charge in [0.15, 0.2) is 5.82 Å². The molecule has 9 nitrogen and oxygen atoms in total. The number of likely N-dealkylation sites (tertiary alicyclic amines) is 1. The maximum absolute atomic E-state index is 12.9. The number of aromatic nitrogens is 4. The zero-order valence-corrected chi connectivity index (χ0v) is 17.9. The van der Waals surface area contributed by atoms with Crippen LogP contribution in [0.25, 0.3) is 0 Å². The number of amides is 1. The van der Waals surface area contributed by atoms with Gasteiger partial charge in [-0.1, -0.05) is 30.3 Å². The van der Waals surface area contributed by atoms with Crippen molar-refractivity contribution in [2.75, 3.05) is 39.4 Å². The predicted molar refractivity (Wildman–Crippen MR) is 113 cm³/mol. The van der Waals surface area contributed by atoms with E-state index in [1.54, 1.807) is 9.58 Å². The molecule has 2 aliphatic heterocycles. The van der Waals surface area contributed by atoms with E-state index in [1.165, 1.54) is 5.56 Å². The Balaban J connectivity index is 1.29. The Hall–Kier alpha value is -2.65. The number of hydrogen-bond acceptors (Lipinski definition) is 7. The van der Waals surface area contributed by atoms with Gasteiger partial charge >= 0.3 is 0 Å². The van der Waals surface area contributed by atoms with Gasteiger partial charge in [-0.25, -0.2) is 4.68 Å². The van der Waals surface area contributed by atoms with E-state index in [0.717, 1.165) is 32.4 Å². The number of Topliss-reactive ketones (excluding diaryl/α,β-unsaturated/α-hetero) is 1. The third kappa shape index (κ3) is 5.95. The number of carbonyl (C=O) groups excluding carboxylic acids is 2. The van der Waals surface area contributed by atoms with E-state index in [9.17, 15) is 9.59 Å². The van der Waals surface area contributed by atoms with Crippen LogP contribution in [-0.4, -0.2) is 81.1 Å². The lowest BCUT2D eigenvalue weighted by molar-refractivity contribution is -0.136. The highest BCUT2D eigenvalue weighted by atomic mass is 16.5. The predicted octanol–water partition coefficient (Wildman–Crippen LogP) is 0.946. The third-order valence-corrected chi connectivity index (χ3v) is 6.09. The second kappa shape index (κ2) is 10.6. The van der Waals surface area contributed by atoms with E-state index in [-0.39, 0.29) is 24.2 Å². The standard InChI is InChI=1S/C22H30N6O3/c29-20(9-8-18-5-2-1-3-6-18)19-7-4-10-27(15-19)22(30)17-28-21(23-24-25-28)16-26-11-13-31-14-12-26/h1-3,5-6,19H,4,7-17H2. The van der Waals surface area contributed by atoms with Crippen LogP contribution in [0.15, 0.2) is 30.3 Å². The summed E-state index contributed by atoms with van der Waals surface area (Å²) in [6.07, 6.45) is 2.97. The van der Waals surface area contributed by atoms with Crippen molar-refractivity contribution in [1.29, 1.82) is 0 Å². The van der Waals surface area contributed by atoms with Crippen molar-refractivity contribution in [3.8, 4) is 0 Å². The molecule has 2 aromatic rings. The minimum absolute atomic E-state index is 0.0314. The van der Waals surface area contributed by atoms with Crippen LogP contribution in [0.1, 0.15) is 30.7 Å². The molecule has 0 aliphatic carbocycles. The second-order valence-electron chi connectivity index (χ2n) is 8.27. The number of nitrogens with zero attached hydrogens (tertiary/aromatic N) is 6. The van der Waals surface area contributed by atoms with Crippen molar-refractivity contribution >= 4 is 11.7 Å². The minimum Gasteiger partial charge on any atom is -0.379 e. The summed E-state index contributed by atoms with van der Waals surface area (Å²) in [5.41, 5.74) is 1.17. The molecule has 166 valence electrons. The Morgan fingerprint density at radius 3 is 2.71 bits per heavy atom. The lowest BCUT2D eigenvalue weighted by Crippen LogP contribution is -2.44. The topological polar surface area (TPSA) is 93.5 Å². The number of piperidine rings is 1. The summed E-state index contributed by atoms with van der Waals surface area (Å²) in [4.78, 5) is 29.7. The highest BCUT2D eigenvalue weighted by molar-refractivity contribution is 5.83. The number of morpholine rings is 1. The van der Waals surface area contributed by atoms with Crippen LogP contribution in [0.4, 0.5) is 0 Å². The number of hydrogen-bond donors (Lipinski definition) is 0. The Morgan fingerprint density at radius 2 is 1.90 bits per heavy atom. The van der Waals surface area contributed by atoms with Crippen molar-refractivity contribution in [3.05, 3.63) is 41.7 Å². The molecule has 3 heterocycles. The minimum atomic E-state index is -0.0805. The number of ketones is 1. The van der Waals surface area contributed by atoms with E-state index >= 15 is 0 Å². The number of ether oxygens (including phenoxy) is 1. The Bertz CT molecular complexity index is 865. The summed E-state index contributed by atoms with van der Waals surface area (Å²) in [5, 5.41) is 11.9.